The zero-order valence-electron chi connectivity index (χ0n) is 18.6. The highest BCUT2D eigenvalue weighted by atomic mass is 35.5. The fourth-order valence-electron chi connectivity index (χ4n) is 3.21. The van der Waals surface area contributed by atoms with Crippen molar-refractivity contribution in [2.24, 2.45) is 0 Å². The molecule has 0 fully saturated rings. The van der Waals surface area contributed by atoms with E-state index >= 15 is 0 Å². The third-order valence-electron chi connectivity index (χ3n) is 4.91. The first-order valence-corrected chi connectivity index (χ1v) is 10.8. The minimum Gasteiger partial charge on any atom is -0.453 e. The Morgan fingerprint density at radius 2 is 1.91 bits per heavy atom. The first-order chi connectivity index (χ1) is 17.0. The SMILES string of the molecule is COC(=O)Nc1ccc(-c2cncc(CNC(=O)/C=C/c3cc(Cl)ccc3-n3cnnn3)c2)cc1. The van der Waals surface area contributed by atoms with Gasteiger partial charge in [-0.1, -0.05) is 23.7 Å². The number of carbonyl (C=O) groups excluding carboxylic acids is 2. The quantitative estimate of drug-likeness (QED) is 0.377. The molecule has 0 atom stereocenters. The Kier molecular flexibility index (Phi) is 7.44. The van der Waals surface area contributed by atoms with E-state index in [2.05, 4.69) is 35.9 Å². The van der Waals surface area contributed by atoms with E-state index in [4.69, 9.17) is 11.6 Å². The first kappa shape index (κ1) is 23.6. The molecule has 0 aliphatic carbocycles. The molecule has 10 nitrogen and oxygen atoms in total. The second kappa shape index (κ2) is 11.0. The first-order valence-electron chi connectivity index (χ1n) is 10.4. The van der Waals surface area contributed by atoms with Gasteiger partial charge in [0.2, 0.25) is 5.91 Å². The van der Waals surface area contributed by atoms with Crippen molar-refractivity contribution < 1.29 is 14.3 Å². The lowest BCUT2D eigenvalue weighted by molar-refractivity contribution is -0.116. The summed E-state index contributed by atoms with van der Waals surface area (Å²) < 4.78 is 6.08. The molecule has 0 spiro atoms. The average Bonchev–Trinajstić information content (AvgIpc) is 3.41. The molecule has 2 heterocycles. The Bertz CT molecular complexity index is 1360. The predicted molar refractivity (Wildman–Crippen MR) is 131 cm³/mol. The molecular weight excluding hydrogens is 470 g/mol. The van der Waals surface area contributed by atoms with Crippen LogP contribution in [0.15, 0.2) is 73.3 Å². The van der Waals surface area contributed by atoms with Gasteiger partial charge in [0.15, 0.2) is 0 Å². The van der Waals surface area contributed by atoms with Crippen LogP contribution in [0, 0.1) is 0 Å². The van der Waals surface area contributed by atoms with Gasteiger partial charge in [-0.2, -0.15) is 4.68 Å². The van der Waals surface area contributed by atoms with Crippen molar-refractivity contribution in [3.63, 3.8) is 0 Å². The summed E-state index contributed by atoms with van der Waals surface area (Å²) in [6.07, 6.45) is 7.42. The van der Waals surface area contributed by atoms with Crippen LogP contribution in [0.2, 0.25) is 5.02 Å². The Balaban J connectivity index is 1.40. The van der Waals surface area contributed by atoms with Crippen molar-refractivity contribution in [3.05, 3.63) is 89.5 Å². The van der Waals surface area contributed by atoms with Crippen molar-refractivity contribution >= 4 is 35.4 Å². The molecule has 0 saturated carbocycles. The zero-order valence-corrected chi connectivity index (χ0v) is 19.3. The number of nitrogens with zero attached hydrogens (tertiary/aromatic N) is 5. The van der Waals surface area contributed by atoms with E-state index in [9.17, 15) is 9.59 Å². The van der Waals surface area contributed by atoms with E-state index in [1.54, 1.807) is 48.8 Å². The second-order valence-corrected chi connectivity index (χ2v) is 7.72. The van der Waals surface area contributed by atoms with Crippen LogP contribution < -0.4 is 10.6 Å². The van der Waals surface area contributed by atoms with Gasteiger partial charge in [-0.05, 0) is 64.0 Å². The number of carbonyl (C=O) groups is 2. The van der Waals surface area contributed by atoms with Crippen LogP contribution in [0.25, 0.3) is 22.9 Å². The summed E-state index contributed by atoms with van der Waals surface area (Å²) in [5, 5.41) is 17.1. The van der Waals surface area contributed by atoms with Gasteiger partial charge in [0.25, 0.3) is 0 Å². The number of hydrogen-bond donors (Lipinski definition) is 2. The summed E-state index contributed by atoms with van der Waals surface area (Å²) in [6.45, 7) is 0.293. The highest BCUT2D eigenvalue weighted by Crippen LogP contribution is 2.22. The van der Waals surface area contributed by atoms with Gasteiger partial charge in [-0.25, -0.2) is 4.79 Å². The molecule has 2 amide bonds. The molecule has 0 bridgehead atoms. The van der Waals surface area contributed by atoms with Gasteiger partial charge in [-0.3, -0.25) is 15.1 Å². The summed E-state index contributed by atoms with van der Waals surface area (Å²) in [6, 6.07) is 14.4. The Hall–Kier alpha value is -4.57. The van der Waals surface area contributed by atoms with E-state index in [0.717, 1.165) is 16.7 Å². The number of benzene rings is 2. The van der Waals surface area contributed by atoms with E-state index in [1.807, 2.05) is 18.2 Å². The maximum atomic E-state index is 12.4. The summed E-state index contributed by atoms with van der Waals surface area (Å²) in [7, 11) is 1.31. The van der Waals surface area contributed by atoms with Crippen molar-refractivity contribution in [1.29, 1.82) is 0 Å². The fourth-order valence-corrected chi connectivity index (χ4v) is 3.39. The third kappa shape index (κ3) is 6.27. The molecule has 2 aromatic heterocycles. The monoisotopic (exact) mass is 489 g/mol. The molecule has 0 radical (unpaired) electrons. The van der Waals surface area contributed by atoms with E-state index in [-0.39, 0.29) is 5.91 Å². The predicted octanol–water partition coefficient (Wildman–Crippen LogP) is 3.89. The molecule has 11 heteroatoms. The summed E-state index contributed by atoms with van der Waals surface area (Å²) in [5.41, 5.74) is 4.62. The van der Waals surface area contributed by atoms with Crippen molar-refractivity contribution in [1.82, 2.24) is 30.5 Å². The van der Waals surface area contributed by atoms with Crippen LogP contribution in [0.1, 0.15) is 11.1 Å². The number of pyridine rings is 1. The lowest BCUT2D eigenvalue weighted by Gasteiger charge is -2.08. The van der Waals surface area contributed by atoms with Gasteiger partial charge in [0.05, 0.1) is 12.8 Å². The molecular formula is C24H20ClN7O3. The summed E-state index contributed by atoms with van der Waals surface area (Å²) >= 11 is 6.11. The molecule has 4 aromatic rings. The number of aromatic nitrogens is 5. The van der Waals surface area contributed by atoms with E-state index < -0.39 is 6.09 Å². The number of ether oxygens (including phenoxy) is 1. The zero-order chi connectivity index (χ0) is 24.6. The fraction of sp³-hybridized carbons (Fsp3) is 0.0833. The summed E-state index contributed by atoms with van der Waals surface area (Å²) in [4.78, 5) is 28.0. The number of amides is 2. The van der Waals surface area contributed by atoms with Gasteiger partial charge >= 0.3 is 6.09 Å². The molecule has 176 valence electrons. The van der Waals surface area contributed by atoms with Gasteiger partial charge < -0.3 is 10.1 Å². The molecule has 35 heavy (non-hydrogen) atoms. The normalized spacial score (nSPS) is 10.8. The number of nitrogens with one attached hydrogen (secondary N) is 2. The highest BCUT2D eigenvalue weighted by Gasteiger charge is 2.07. The molecule has 4 rings (SSSR count). The molecule has 0 aliphatic rings. The standard InChI is InChI=1S/C24H20ClN7O3/c1-35-24(34)29-21-6-2-17(3-7-21)19-10-16(12-26-14-19)13-27-23(33)9-4-18-11-20(25)5-8-22(18)32-15-28-30-31-32/h2-12,14-15H,13H2,1H3,(H,27,33)(H,29,34)/b9-4+. The Labute approximate surface area is 205 Å². The van der Waals surface area contributed by atoms with Crippen molar-refractivity contribution in [3.8, 4) is 16.8 Å². The van der Waals surface area contributed by atoms with Crippen LogP contribution in [0.4, 0.5) is 10.5 Å². The maximum absolute atomic E-state index is 12.4. The number of methoxy groups -OCH3 is 1. The number of tetrazole rings is 1. The van der Waals surface area contributed by atoms with Crippen LogP contribution in [0.3, 0.4) is 0 Å². The van der Waals surface area contributed by atoms with Crippen LogP contribution in [-0.4, -0.2) is 44.3 Å². The number of anilines is 1. The number of hydrogen-bond acceptors (Lipinski definition) is 7. The number of halogens is 1. The maximum Gasteiger partial charge on any atom is 0.411 e. The van der Waals surface area contributed by atoms with Gasteiger partial charge in [0, 0.05) is 46.9 Å². The molecule has 0 saturated heterocycles. The Morgan fingerprint density at radius 1 is 1.09 bits per heavy atom. The molecule has 0 aliphatic heterocycles. The minimum absolute atomic E-state index is 0.281. The van der Waals surface area contributed by atoms with Crippen molar-refractivity contribution in [2.75, 3.05) is 12.4 Å². The van der Waals surface area contributed by atoms with Crippen molar-refractivity contribution in [2.45, 2.75) is 6.54 Å². The van der Waals surface area contributed by atoms with Gasteiger partial charge in [0.1, 0.15) is 6.33 Å². The topological polar surface area (TPSA) is 124 Å². The van der Waals surface area contributed by atoms with Crippen LogP contribution in [-0.2, 0) is 16.1 Å². The van der Waals surface area contributed by atoms with E-state index in [1.165, 1.54) is 24.2 Å². The minimum atomic E-state index is -0.534. The van der Waals surface area contributed by atoms with Crippen LogP contribution >= 0.6 is 11.6 Å². The molecule has 2 N–H and O–H groups in total. The van der Waals surface area contributed by atoms with Gasteiger partial charge in [-0.15, -0.1) is 5.10 Å². The van der Waals surface area contributed by atoms with E-state index in [0.29, 0.717) is 28.5 Å². The van der Waals surface area contributed by atoms with Crippen LogP contribution in [0.5, 0.6) is 0 Å². The lowest BCUT2D eigenvalue weighted by atomic mass is 10.1. The third-order valence-corrected chi connectivity index (χ3v) is 5.15. The molecule has 0 unspecified atom stereocenters. The average molecular weight is 490 g/mol. The smallest absolute Gasteiger partial charge is 0.411 e. The second-order valence-electron chi connectivity index (χ2n) is 7.28. The number of rotatable bonds is 7. The Morgan fingerprint density at radius 3 is 2.66 bits per heavy atom. The lowest BCUT2D eigenvalue weighted by Crippen LogP contribution is -2.20. The summed E-state index contributed by atoms with van der Waals surface area (Å²) in [5.74, 6) is -0.281. The molecule has 2 aromatic carbocycles. The highest BCUT2D eigenvalue weighted by molar-refractivity contribution is 6.30. The largest absolute Gasteiger partial charge is 0.453 e.